The van der Waals surface area contributed by atoms with Crippen LogP contribution in [0.15, 0.2) is 45.9 Å². The van der Waals surface area contributed by atoms with E-state index >= 15 is 0 Å². The largest absolute Gasteiger partial charge is 0.493 e. The van der Waals surface area contributed by atoms with Crippen molar-refractivity contribution in [2.24, 2.45) is 4.99 Å². The number of fused-ring (bicyclic) bond motifs is 1. The van der Waals surface area contributed by atoms with E-state index in [1.807, 2.05) is 30.3 Å². The molecule has 2 N–H and O–H groups in total. The van der Waals surface area contributed by atoms with Gasteiger partial charge in [-0.3, -0.25) is 4.99 Å². The summed E-state index contributed by atoms with van der Waals surface area (Å²) >= 11 is 3.52. The predicted octanol–water partition coefficient (Wildman–Crippen LogP) is 3.75. The normalized spacial score (nSPS) is 15.1. The molecule has 0 fully saturated rings. The first-order chi connectivity index (χ1) is 13.1. The zero-order valence-corrected chi connectivity index (χ0v) is 20.0. The van der Waals surface area contributed by atoms with Gasteiger partial charge in [0, 0.05) is 20.0 Å². The number of aliphatic imine (C=N–C) groups is 1. The Morgan fingerprint density at radius 1 is 1.21 bits per heavy atom. The molecule has 0 aliphatic carbocycles. The highest BCUT2D eigenvalue weighted by molar-refractivity contribution is 14.0. The molecule has 1 atom stereocenters. The molecule has 0 saturated heterocycles. The summed E-state index contributed by atoms with van der Waals surface area (Å²) in [7, 11) is 5.00. The molecule has 1 aliphatic rings. The van der Waals surface area contributed by atoms with Crippen molar-refractivity contribution in [3.05, 3.63) is 52.0 Å². The number of benzene rings is 2. The number of halogens is 2. The van der Waals surface area contributed by atoms with Gasteiger partial charge in [-0.05, 0) is 45.3 Å². The standard InChI is InChI=1S/C20H24BrN3O3.HI/c1-22-20(24-12-15-10-14-6-4-5-7-17(14)27-15)23-11-13-8-16(21)19(26-3)18(9-13)25-2;/h4-9,15H,10-12H2,1-3H3,(H2,22,23,24);1H. The lowest BCUT2D eigenvalue weighted by Crippen LogP contribution is -2.41. The molecule has 1 aliphatic heterocycles. The van der Waals surface area contributed by atoms with Crippen molar-refractivity contribution in [3.8, 4) is 17.2 Å². The number of ether oxygens (including phenoxy) is 3. The predicted molar refractivity (Wildman–Crippen MR) is 125 cm³/mol. The van der Waals surface area contributed by atoms with Crippen LogP contribution in [0.2, 0.25) is 0 Å². The second-order valence-electron chi connectivity index (χ2n) is 6.17. The van der Waals surface area contributed by atoms with Crippen molar-refractivity contribution < 1.29 is 14.2 Å². The number of nitrogens with zero attached hydrogens (tertiary/aromatic N) is 1. The quantitative estimate of drug-likeness (QED) is 0.319. The highest BCUT2D eigenvalue weighted by Crippen LogP contribution is 2.36. The van der Waals surface area contributed by atoms with E-state index < -0.39 is 0 Å². The number of methoxy groups -OCH3 is 2. The van der Waals surface area contributed by atoms with Crippen LogP contribution in [-0.4, -0.2) is 39.9 Å². The highest BCUT2D eigenvalue weighted by Gasteiger charge is 2.22. The Kier molecular flexibility index (Phi) is 8.68. The first-order valence-corrected chi connectivity index (χ1v) is 9.53. The topological polar surface area (TPSA) is 64.1 Å². The number of guanidine groups is 1. The van der Waals surface area contributed by atoms with Crippen molar-refractivity contribution in [1.29, 1.82) is 0 Å². The van der Waals surface area contributed by atoms with Crippen LogP contribution in [0, 0.1) is 0 Å². The number of rotatable bonds is 6. The lowest BCUT2D eigenvalue weighted by atomic mass is 10.1. The Balaban J connectivity index is 0.00000280. The molecule has 3 rings (SSSR count). The van der Waals surface area contributed by atoms with Gasteiger partial charge in [0.2, 0.25) is 0 Å². The van der Waals surface area contributed by atoms with Gasteiger partial charge >= 0.3 is 0 Å². The van der Waals surface area contributed by atoms with Crippen LogP contribution in [0.3, 0.4) is 0 Å². The smallest absolute Gasteiger partial charge is 0.191 e. The molecule has 28 heavy (non-hydrogen) atoms. The zero-order chi connectivity index (χ0) is 19.2. The van der Waals surface area contributed by atoms with Crippen LogP contribution in [-0.2, 0) is 13.0 Å². The fourth-order valence-corrected chi connectivity index (χ4v) is 3.71. The van der Waals surface area contributed by atoms with Crippen molar-refractivity contribution in [1.82, 2.24) is 10.6 Å². The van der Waals surface area contributed by atoms with Gasteiger partial charge in [0.15, 0.2) is 17.5 Å². The summed E-state index contributed by atoms with van der Waals surface area (Å²) in [6, 6.07) is 12.1. The second-order valence-corrected chi connectivity index (χ2v) is 7.03. The molecule has 0 radical (unpaired) electrons. The molecule has 8 heteroatoms. The van der Waals surface area contributed by atoms with Crippen molar-refractivity contribution in [2.75, 3.05) is 27.8 Å². The van der Waals surface area contributed by atoms with Gasteiger partial charge in [-0.15, -0.1) is 24.0 Å². The van der Waals surface area contributed by atoms with Crippen LogP contribution >= 0.6 is 39.9 Å². The molecule has 152 valence electrons. The number of hydrogen-bond acceptors (Lipinski definition) is 4. The minimum absolute atomic E-state index is 0. The summed E-state index contributed by atoms with van der Waals surface area (Å²) < 4.78 is 17.5. The summed E-state index contributed by atoms with van der Waals surface area (Å²) in [4.78, 5) is 4.28. The van der Waals surface area contributed by atoms with E-state index in [2.05, 4.69) is 37.6 Å². The van der Waals surface area contributed by atoms with E-state index in [1.165, 1.54) is 5.56 Å². The Bertz CT molecular complexity index is 807. The lowest BCUT2D eigenvalue weighted by Gasteiger charge is -2.16. The summed E-state index contributed by atoms with van der Waals surface area (Å²) in [6.45, 7) is 1.29. The van der Waals surface area contributed by atoms with E-state index in [4.69, 9.17) is 14.2 Å². The summed E-state index contributed by atoms with van der Waals surface area (Å²) in [5.41, 5.74) is 2.30. The third-order valence-corrected chi connectivity index (χ3v) is 4.98. The maximum absolute atomic E-state index is 5.95. The average Bonchev–Trinajstić information content (AvgIpc) is 3.10. The molecular formula is C20H25BrIN3O3. The molecule has 6 nitrogen and oxygen atoms in total. The third kappa shape index (κ3) is 5.44. The van der Waals surface area contributed by atoms with Gasteiger partial charge in [0.05, 0.1) is 25.2 Å². The number of para-hydroxylation sites is 1. The fraction of sp³-hybridized carbons (Fsp3) is 0.350. The Labute approximate surface area is 191 Å². The Hall–Kier alpha value is -1.68. The Morgan fingerprint density at radius 3 is 2.68 bits per heavy atom. The molecular weight excluding hydrogens is 537 g/mol. The van der Waals surface area contributed by atoms with Gasteiger partial charge in [-0.2, -0.15) is 0 Å². The van der Waals surface area contributed by atoms with Gasteiger partial charge in [-0.25, -0.2) is 0 Å². The van der Waals surface area contributed by atoms with Crippen LogP contribution in [0.5, 0.6) is 17.2 Å². The average molecular weight is 562 g/mol. The van der Waals surface area contributed by atoms with Crippen molar-refractivity contribution >= 4 is 45.9 Å². The molecule has 0 aromatic heterocycles. The van der Waals surface area contributed by atoms with E-state index in [0.29, 0.717) is 24.6 Å². The summed E-state index contributed by atoms with van der Waals surface area (Å²) in [5, 5.41) is 6.64. The van der Waals surface area contributed by atoms with Gasteiger partial charge in [-0.1, -0.05) is 18.2 Å². The molecule has 0 saturated carbocycles. The molecule has 1 unspecified atom stereocenters. The van der Waals surface area contributed by atoms with E-state index in [-0.39, 0.29) is 30.1 Å². The SMILES string of the molecule is CN=C(NCc1cc(Br)c(OC)c(OC)c1)NCC1Cc2ccccc2O1.I. The minimum Gasteiger partial charge on any atom is -0.493 e. The molecule has 0 spiro atoms. The lowest BCUT2D eigenvalue weighted by molar-refractivity contribution is 0.235. The van der Waals surface area contributed by atoms with Crippen molar-refractivity contribution in [3.63, 3.8) is 0 Å². The molecule has 2 aromatic rings. The second kappa shape index (κ2) is 10.8. The maximum Gasteiger partial charge on any atom is 0.191 e. The van der Waals surface area contributed by atoms with E-state index in [9.17, 15) is 0 Å². The van der Waals surface area contributed by atoms with Gasteiger partial charge in [0.1, 0.15) is 11.9 Å². The third-order valence-electron chi connectivity index (χ3n) is 4.39. The summed E-state index contributed by atoms with van der Waals surface area (Å²) in [5.74, 6) is 3.06. The highest BCUT2D eigenvalue weighted by atomic mass is 127. The monoisotopic (exact) mass is 561 g/mol. The first-order valence-electron chi connectivity index (χ1n) is 8.74. The van der Waals surface area contributed by atoms with Gasteiger partial charge < -0.3 is 24.8 Å². The van der Waals surface area contributed by atoms with Crippen LogP contribution in [0.25, 0.3) is 0 Å². The first kappa shape index (κ1) is 22.6. The molecule has 0 bridgehead atoms. The maximum atomic E-state index is 5.95. The van der Waals surface area contributed by atoms with Crippen LogP contribution < -0.4 is 24.8 Å². The Morgan fingerprint density at radius 2 is 2.00 bits per heavy atom. The van der Waals surface area contributed by atoms with E-state index in [0.717, 1.165) is 28.2 Å². The van der Waals surface area contributed by atoms with E-state index in [1.54, 1.807) is 21.3 Å². The number of hydrogen-bond donors (Lipinski definition) is 2. The van der Waals surface area contributed by atoms with Crippen LogP contribution in [0.1, 0.15) is 11.1 Å². The molecule has 2 aromatic carbocycles. The molecule has 0 amide bonds. The van der Waals surface area contributed by atoms with Crippen molar-refractivity contribution in [2.45, 2.75) is 19.1 Å². The zero-order valence-electron chi connectivity index (χ0n) is 16.1. The van der Waals surface area contributed by atoms with Crippen LogP contribution in [0.4, 0.5) is 0 Å². The minimum atomic E-state index is 0. The summed E-state index contributed by atoms with van der Waals surface area (Å²) in [6.07, 6.45) is 1.01. The molecule has 1 heterocycles. The van der Waals surface area contributed by atoms with Gasteiger partial charge in [0.25, 0.3) is 0 Å². The number of nitrogens with one attached hydrogen (secondary N) is 2. The fourth-order valence-electron chi connectivity index (χ4n) is 3.06.